The van der Waals surface area contributed by atoms with Crippen LogP contribution in [0, 0.1) is 0 Å². The molecule has 1 amide bonds. The SMILES string of the molecule is O=C1N=[C-]OC1O. The van der Waals surface area contributed by atoms with E-state index in [1.165, 1.54) is 0 Å². The number of aliphatic hydroxyl groups is 1. The van der Waals surface area contributed by atoms with Gasteiger partial charge in [0.05, 0.1) is 0 Å². The van der Waals surface area contributed by atoms with E-state index in [4.69, 9.17) is 5.11 Å². The van der Waals surface area contributed by atoms with E-state index < -0.39 is 12.2 Å². The largest absolute Gasteiger partial charge is 0.557 e. The zero-order valence-electron chi connectivity index (χ0n) is 3.29. The summed E-state index contributed by atoms with van der Waals surface area (Å²) < 4.78 is 4.05. The maximum Gasteiger partial charge on any atom is 0.189 e. The number of carbonyl (C=O) groups excluding carboxylic acids is 1. The van der Waals surface area contributed by atoms with Crippen LogP contribution >= 0.6 is 0 Å². The van der Waals surface area contributed by atoms with Crippen molar-refractivity contribution in [3.05, 3.63) is 0 Å². The van der Waals surface area contributed by atoms with Crippen molar-refractivity contribution in [3.63, 3.8) is 0 Å². The molecule has 1 rings (SSSR count). The second kappa shape index (κ2) is 1.31. The number of ether oxygens (including phenoxy) is 1. The van der Waals surface area contributed by atoms with Crippen LogP contribution in [-0.2, 0) is 9.53 Å². The van der Waals surface area contributed by atoms with Crippen molar-refractivity contribution in [3.8, 4) is 0 Å². The summed E-state index contributed by atoms with van der Waals surface area (Å²) in [6.45, 7) is 0. The fraction of sp³-hybridized carbons (Fsp3) is 0.333. The topological polar surface area (TPSA) is 58.9 Å². The molecule has 0 radical (unpaired) electrons. The molecule has 0 spiro atoms. The molecule has 4 nitrogen and oxygen atoms in total. The van der Waals surface area contributed by atoms with E-state index in [1.54, 1.807) is 0 Å². The summed E-state index contributed by atoms with van der Waals surface area (Å²) in [7, 11) is 0. The average Bonchev–Trinajstić information content (AvgIpc) is 1.91. The fourth-order valence-electron chi connectivity index (χ4n) is 0.227. The highest BCUT2D eigenvalue weighted by atomic mass is 16.6. The third-order valence-corrected chi connectivity index (χ3v) is 0.531. The van der Waals surface area contributed by atoms with Gasteiger partial charge in [-0.3, -0.25) is 0 Å². The Bertz CT molecular complexity index is 119. The first-order valence-electron chi connectivity index (χ1n) is 1.64. The molecule has 0 aliphatic carbocycles. The summed E-state index contributed by atoms with van der Waals surface area (Å²) in [5.74, 6) is -0.694. The van der Waals surface area contributed by atoms with E-state index in [9.17, 15) is 4.79 Å². The summed E-state index contributed by atoms with van der Waals surface area (Å²) in [5.41, 5.74) is 0. The number of aliphatic imine (C=N–C) groups is 1. The molecule has 0 aromatic rings. The van der Waals surface area contributed by atoms with Gasteiger partial charge in [0, 0.05) is 6.40 Å². The zero-order chi connectivity index (χ0) is 5.28. The lowest BCUT2D eigenvalue weighted by atomic mass is 10.6. The van der Waals surface area contributed by atoms with Crippen molar-refractivity contribution in [2.45, 2.75) is 6.29 Å². The minimum absolute atomic E-state index is 0.694. The van der Waals surface area contributed by atoms with E-state index in [0.717, 1.165) is 0 Å². The normalized spacial score (nSPS) is 28.1. The number of hydrogen-bond donors (Lipinski definition) is 1. The van der Waals surface area contributed by atoms with Gasteiger partial charge >= 0.3 is 0 Å². The van der Waals surface area contributed by atoms with Gasteiger partial charge in [0.2, 0.25) is 0 Å². The molecule has 1 heterocycles. The van der Waals surface area contributed by atoms with Crippen molar-refractivity contribution in [2.24, 2.45) is 4.99 Å². The highest BCUT2D eigenvalue weighted by Gasteiger charge is 2.05. The lowest BCUT2D eigenvalue weighted by Gasteiger charge is -2.02. The van der Waals surface area contributed by atoms with Gasteiger partial charge in [0.15, 0.2) is 12.2 Å². The lowest BCUT2D eigenvalue weighted by Crippen LogP contribution is -2.13. The Balaban J connectivity index is 2.62. The predicted octanol–water partition coefficient (Wildman–Crippen LogP) is -1.23. The highest BCUT2D eigenvalue weighted by Crippen LogP contribution is 1.94. The molecular weight excluding hydrogens is 98.0 g/mol. The molecule has 38 valence electrons. The molecule has 1 aliphatic rings. The summed E-state index contributed by atoms with van der Waals surface area (Å²) in [6, 6.07) is 0. The molecule has 1 N–H and O–H groups in total. The van der Waals surface area contributed by atoms with E-state index in [-0.39, 0.29) is 0 Å². The Kier molecular flexibility index (Phi) is 0.796. The van der Waals surface area contributed by atoms with Crippen LogP contribution < -0.4 is 0 Å². The van der Waals surface area contributed by atoms with Gasteiger partial charge in [0.25, 0.3) is 0 Å². The van der Waals surface area contributed by atoms with Gasteiger partial charge in [-0.1, -0.05) is 0 Å². The standard InChI is InChI=1S/C3H2NO3/c5-2-3(6)7-1-4-2/h3,6H/q-1. The van der Waals surface area contributed by atoms with Crippen LogP contribution in [0.5, 0.6) is 0 Å². The maximum atomic E-state index is 9.97. The Morgan fingerprint density at radius 3 is 2.86 bits per heavy atom. The van der Waals surface area contributed by atoms with Gasteiger partial charge in [-0.25, -0.2) is 0 Å². The number of hydrogen-bond acceptors (Lipinski definition) is 3. The molecule has 0 saturated carbocycles. The van der Waals surface area contributed by atoms with Crippen LogP contribution in [0.1, 0.15) is 0 Å². The Morgan fingerprint density at radius 1 is 2.00 bits per heavy atom. The fourth-order valence-corrected chi connectivity index (χ4v) is 0.227. The second-order valence-corrected chi connectivity index (χ2v) is 1.01. The first-order chi connectivity index (χ1) is 3.30. The monoisotopic (exact) mass is 100 g/mol. The third-order valence-electron chi connectivity index (χ3n) is 0.531. The van der Waals surface area contributed by atoms with Crippen molar-refractivity contribution < 1.29 is 14.6 Å². The lowest BCUT2D eigenvalue weighted by molar-refractivity contribution is -0.136. The van der Waals surface area contributed by atoms with Crippen molar-refractivity contribution in [1.29, 1.82) is 0 Å². The van der Waals surface area contributed by atoms with Gasteiger partial charge in [-0.15, -0.1) is 0 Å². The Hall–Kier alpha value is -0.900. The maximum absolute atomic E-state index is 9.97. The van der Waals surface area contributed by atoms with Gasteiger partial charge < -0.3 is 19.6 Å². The first-order valence-corrected chi connectivity index (χ1v) is 1.64. The summed E-state index contributed by atoms with van der Waals surface area (Å²) in [5, 5.41) is 8.27. The molecule has 0 fully saturated rings. The smallest absolute Gasteiger partial charge is 0.189 e. The molecule has 1 aliphatic heterocycles. The quantitative estimate of drug-likeness (QED) is 0.387. The summed E-state index contributed by atoms with van der Waals surface area (Å²) >= 11 is 0. The third kappa shape index (κ3) is 0.592. The molecule has 0 saturated heterocycles. The van der Waals surface area contributed by atoms with Gasteiger partial charge in [-0.05, 0) is 0 Å². The molecular formula is C3H2NO3-. The molecule has 4 heteroatoms. The van der Waals surface area contributed by atoms with E-state index in [2.05, 4.69) is 9.73 Å². The number of nitrogens with zero attached hydrogens (tertiary/aromatic N) is 1. The Morgan fingerprint density at radius 2 is 2.71 bits per heavy atom. The number of rotatable bonds is 0. The van der Waals surface area contributed by atoms with Gasteiger partial charge in [0.1, 0.15) is 0 Å². The van der Waals surface area contributed by atoms with Crippen molar-refractivity contribution in [2.75, 3.05) is 0 Å². The van der Waals surface area contributed by atoms with Crippen LogP contribution in [0.15, 0.2) is 4.99 Å². The van der Waals surface area contributed by atoms with E-state index in [1.807, 2.05) is 6.40 Å². The Labute approximate surface area is 39.4 Å². The molecule has 1 atom stereocenters. The second-order valence-electron chi connectivity index (χ2n) is 1.01. The molecule has 7 heavy (non-hydrogen) atoms. The molecule has 0 bridgehead atoms. The minimum atomic E-state index is -1.40. The van der Waals surface area contributed by atoms with E-state index in [0.29, 0.717) is 0 Å². The van der Waals surface area contributed by atoms with Crippen LogP contribution in [-0.4, -0.2) is 23.7 Å². The average molecular weight is 100 g/mol. The van der Waals surface area contributed by atoms with Crippen molar-refractivity contribution in [1.82, 2.24) is 0 Å². The first kappa shape index (κ1) is 4.26. The molecule has 0 aromatic heterocycles. The molecule has 1 unspecified atom stereocenters. The number of amides is 1. The predicted molar refractivity (Wildman–Crippen MR) is 19.5 cm³/mol. The van der Waals surface area contributed by atoms with Crippen LogP contribution in [0.3, 0.4) is 0 Å². The van der Waals surface area contributed by atoms with Crippen LogP contribution in [0.2, 0.25) is 0 Å². The zero-order valence-corrected chi connectivity index (χ0v) is 3.29. The molecule has 0 aromatic carbocycles. The van der Waals surface area contributed by atoms with Crippen LogP contribution in [0.25, 0.3) is 0 Å². The number of carbonyl (C=O) groups is 1. The number of aliphatic hydroxyl groups excluding tert-OH is 1. The summed E-state index contributed by atoms with van der Waals surface area (Å²) in [4.78, 5) is 12.9. The van der Waals surface area contributed by atoms with Crippen molar-refractivity contribution >= 4 is 12.3 Å². The van der Waals surface area contributed by atoms with Crippen LogP contribution in [0.4, 0.5) is 0 Å². The van der Waals surface area contributed by atoms with E-state index >= 15 is 0 Å². The van der Waals surface area contributed by atoms with Gasteiger partial charge in [-0.2, -0.15) is 0 Å². The highest BCUT2D eigenvalue weighted by molar-refractivity contribution is 5.90. The minimum Gasteiger partial charge on any atom is -0.557 e. The summed E-state index contributed by atoms with van der Waals surface area (Å²) in [6.07, 6.45) is 0.444.